The zero-order valence-corrected chi connectivity index (χ0v) is 11.5. The molecule has 3 aromatic rings. The molecule has 102 valence electrons. The molecular weight excluding hydrogens is 256 g/mol. The topological polar surface area (TPSA) is 68.1 Å². The minimum absolute atomic E-state index is 0.0136. The van der Waals surface area contributed by atoms with Gasteiger partial charge in [0.1, 0.15) is 5.75 Å². The molecule has 0 unspecified atom stereocenters. The minimum Gasteiger partial charge on any atom is -0.496 e. The van der Waals surface area contributed by atoms with Crippen molar-refractivity contribution in [3.8, 4) is 17.1 Å². The minimum atomic E-state index is 0.0136. The lowest BCUT2D eigenvalue weighted by Crippen LogP contribution is -2.09. The largest absolute Gasteiger partial charge is 0.496 e. The van der Waals surface area contributed by atoms with E-state index in [0.29, 0.717) is 28.0 Å². The van der Waals surface area contributed by atoms with Gasteiger partial charge in [-0.3, -0.25) is 4.79 Å². The van der Waals surface area contributed by atoms with E-state index >= 15 is 0 Å². The number of ether oxygens (including phenoxy) is 1. The van der Waals surface area contributed by atoms with Crippen LogP contribution < -0.4 is 10.2 Å². The van der Waals surface area contributed by atoms with Gasteiger partial charge in [0.05, 0.1) is 24.4 Å². The highest BCUT2D eigenvalue weighted by atomic mass is 16.5. The fraction of sp³-hybridized carbons (Fsp3) is 0.200. The van der Waals surface area contributed by atoms with Crippen LogP contribution in [0.2, 0.25) is 0 Å². The van der Waals surface area contributed by atoms with Crippen molar-refractivity contribution >= 4 is 10.9 Å². The van der Waals surface area contributed by atoms with Crippen LogP contribution in [0.5, 0.6) is 5.75 Å². The molecule has 5 heteroatoms. The first-order valence-electron chi connectivity index (χ1n) is 6.22. The second kappa shape index (κ2) is 4.52. The standard InChI is InChI=1S/C15H14N2O3/c1-8-9(2)17-12-5-13(19-3)11(4-10(12)15(8)18)14-6-16-7-20-14/h4-7H,1-3H3,(H,17,18). The van der Waals surface area contributed by atoms with Crippen molar-refractivity contribution in [3.05, 3.63) is 46.2 Å². The molecule has 1 aromatic carbocycles. The van der Waals surface area contributed by atoms with Crippen LogP contribution in [0, 0.1) is 13.8 Å². The normalized spacial score (nSPS) is 10.9. The number of pyridine rings is 1. The highest BCUT2D eigenvalue weighted by Crippen LogP contribution is 2.32. The van der Waals surface area contributed by atoms with Gasteiger partial charge < -0.3 is 14.1 Å². The highest BCUT2D eigenvalue weighted by molar-refractivity contribution is 5.87. The molecule has 0 atom stereocenters. The molecule has 3 rings (SSSR count). The number of nitrogens with zero attached hydrogens (tertiary/aromatic N) is 1. The number of fused-ring (bicyclic) bond motifs is 1. The monoisotopic (exact) mass is 270 g/mol. The summed E-state index contributed by atoms with van der Waals surface area (Å²) in [7, 11) is 1.58. The Hall–Kier alpha value is -2.56. The Morgan fingerprint density at radius 2 is 2.10 bits per heavy atom. The maximum absolute atomic E-state index is 12.4. The number of aromatic amines is 1. The summed E-state index contributed by atoms with van der Waals surface area (Å²) >= 11 is 0. The van der Waals surface area contributed by atoms with E-state index in [0.717, 1.165) is 11.2 Å². The van der Waals surface area contributed by atoms with E-state index in [1.807, 2.05) is 13.8 Å². The molecule has 0 bridgehead atoms. The fourth-order valence-corrected chi connectivity index (χ4v) is 2.25. The molecule has 0 radical (unpaired) electrons. The first-order chi connectivity index (χ1) is 9.61. The third-order valence-electron chi connectivity index (χ3n) is 3.51. The number of H-pyrrole nitrogens is 1. The predicted molar refractivity (Wildman–Crippen MR) is 76.1 cm³/mol. The van der Waals surface area contributed by atoms with Crippen molar-refractivity contribution in [3.63, 3.8) is 0 Å². The lowest BCUT2D eigenvalue weighted by molar-refractivity contribution is 0.415. The van der Waals surface area contributed by atoms with Crippen molar-refractivity contribution in [1.82, 2.24) is 9.97 Å². The van der Waals surface area contributed by atoms with Crippen LogP contribution in [-0.2, 0) is 0 Å². The van der Waals surface area contributed by atoms with Gasteiger partial charge in [0.15, 0.2) is 17.6 Å². The van der Waals surface area contributed by atoms with Crippen LogP contribution >= 0.6 is 0 Å². The average molecular weight is 270 g/mol. The van der Waals surface area contributed by atoms with E-state index in [1.54, 1.807) is 25.4 Å². The number of hydrogen-bond donors (Lipinski definition) is 1. The van der Waals surface area contributed by atoms with Gasteiger partial charge in [-0.15, -0.1) is 0 Å². The molecule has 0 aliphatic heterocycles. The van der Waals surface area contributed by atoms with E-state index < -0.39 is 0 Å². The number of nitrogens with one attached hydrogen (secondary N) is 1. The lowest BCUT2D eigenvalue weighted by atomic mass is 10.0. The van der Waals surface area contributed by atoms with Crippen LogP contribution in [0.1, 0.15) is 11.3 Å². The van der Waals surface area contributed by atoms with E-state index in [9.17, 15) is 4.79 Å². The Labute approximate surface area is 115 Å². The molecule has 1 N–H and O–H groups in total. The van der Waals surface area contributed by atoms with E-state index in [-0.39, 0.29) is 5.43 Å². The number of oxazole rings is 1. The van der Waals surface area contributed by atoms with Crippen molar-refractivity contribution in [2.24, 2.45) is 0 Å². The summed E-state index contributed by atoms with van der Waals surface area (Å²) in [5, 5.41) is 0.611. The molecule has 0 spiro atoms. The van der Waals surface area contributed by atoms with Crippen molar-refractivity contribution in [2.75, 3.05) is 7.11 Å². The Bertz CT molecular complexity index is 832. The molecule has 20 heavy (non-hydrogen) atoms. The summed E-state index contributed by atoms with van der Waals surface area (Å²) in [6.45, 7) is 3.69. The number of aryl methyl sites for hydroxylation is 1. The highest BCUT2D eigenvalue weighted by Gasteiger charge is 2.14. The summed E-state index contributed by atoms with van der Waals surface area (Å²) in [6, 6.07) is 3.58. The molecule has 0 saturated heterocycles. The van der Waals surface area contributed by atoms with Gasteiger partial charge in [-0.05, 0) is 19.9 Å². The lowest BCUT2D eigenvalue weighted by Gasteiger charge is -2.10. The molecular formula is C15H14N2O3. The first kappa shape index (κ1) is 12.5. The molecule has 0 fully saturated rings. The van der Waals surface area contributed by atoms with Crippen molar-refractivity contribution in [2.45, 2.75) is 13.8 Å². The number of rotatable bonds is 2. The van der Waals surface area contributed by atoms with E-state index in [1.165, 1.54) is 6.39 Å². The maximum atomic E-state index is 12.4. The third-order valence-corrected chi connectivity index (χ3v) is 3.51. The molecule has 0 saturated carbocycles. The van der Waals surface area contributed by atoms with Crippen LogP contribution in [-0.4, -0.2) is 17.1 Å². The van der Waals surface area contributed by atoms with Crippen molar-refractivity contribution < 1.29 is 9.15 Å². The number of methoxy groups -OCH3 is 1. The third kappa shape index (κ3) is 1.79. The Morgan fingerprint density at radius 3 is 2.75 bits per heavy atom. The second-order valence-corrected chi connectivity index (χ2v) is 4.67. The SMILES string of the molecule is COc1cc2[nH]c(C)c(C)c(=O)c2cc1-c1cnco1. The quantitative estimate of drug-likeness (QED) is 0.777. The molecule has 0 aliphatic carbocycles. The van der Waals surface area contributed by atoms with Crippen LogP contribution in [0.4, 0.5) is 0 Å². The fourth-order valence-electron chi connectivity index (χ4n) is 2.25. The Kier molecular flexibility index (Phi) is 2.82. The van der Waals surface area contributed by atoms with Gasteiger partial charge in [0.25, 0.3) is 0 Å². The summed E-state index contributed by atoms with van der Waals surface area (Å²) in [5.41, 5.74) is 3.05. The second-order valence-electron chi connectivity index (χ2n) is 4.67. The van der Waals surface area contributed by atoms with Crippen LogP contribution in [0.15, 0.2) is 33.9 Å². The Morgan fingerprint density at radius 1 is 1.30 bits per heavy atom. The smallest absolute Gasteiger partial charge is 0.192 e. The zero-order valence-electron chi connectivity index (χ0n) is 11.5. The summed E-state index contributed by atoms with van der Waals surface area (Å²) in [5.74, 6) is 1.20. The summed E-state index contributed by atoms with van der Waals surface area (Å²) < 4.78 is 10.7. The predicted octanol–water partition coefficient (Wildman–Crippen LogP) is 2.81. The van der Waals surface area contributed by atoms with Crippen LogP contribution in [0.3, 0.4) is 0 Å². The number of aromatic nitrogens is 2. The number of benzene rings is 1. The van der Waals surface area contributed by atoms with E-state index in [2.05, 4.69) is 9.97 Å². The van der Waals surface area contributed by atoms with Crippen molar-refractivity contribution in [1.29, 1.82) is 0 Å². The van der Waals surface area contributed by atoms with Gasteiger partial charge >= 0.3 is 0 Å². The zero-order chi connectivity index (χ0) is 14.3. The molecule has 5 nitrogen and oxygen atoms in total. The maximum Gasteiger partial charge on any atom is 0.192 e. The first-order valence-corrected chi connectivity index (χ1v) is 6.22. The van der Waals surface area contributed by atoms with Gasteiger partial charge in [-0.25, -0.2) is 4.98 Å². The van der Waals surface area contributed by atoms with E-state index in [4.69, 9.17) is 9.15 Å². The Balaban J connectivity index is 2.40. The van der Waals surface area contributed by atoms with Gasteiger partial charge in [0, 0.05) is 22.7 Å². The van der Waals surface area contributed by atoms with Gasteiger partial charge in [-0.2, -0.15) is 0 Å². The van der Waals surface area contributed by atoms with Gasteiger partial charge in [-0.1, -0.05) is 0 Å². The molecule has 2 aromatic heterocycles. The molecule has 2 heterocycles. The average Bonchev–Trinajstić information content (AvgIpc) is 2.98. The summed E-state index contributed by atoms with van der Waals surface area (Å²) in [6.07, 6.45) is 2.95. The molecule has 0 amide bonds. The number of hydrogen-bond acceptors (Lipinski definition) is 4. The molecule has 0 aliphatic rings. The van der Waals surface area contributed by atoms with Crippen LogP contribution in [0.25, 0.3) is 22.2 Å². The summed E-state index contributed by atoms with van der Waals surface area (Å²) in [4.78, 5) is 19.5. The van der Waals surface area contributed by atoms with Gasteiger partial charge in [0.2, 0.25) is 0 Å².